The Balaban J connectivity index is 2.08. The lowest BCUT2D eigenvalue weighted by Gasteiger charge is -2.26. The van der Waals surface area contributed by atoms with Gasteiger partial charge >= 0.3 is 0 Å². The maximum Gasteiger partial charge on any atom is 0.238 e. The van der Waals surface area contributed by atoms with E-state index in [0.29, 0.717) is 10.8 Å². The minimum atomic E-state index is -0.449. The van der Waals surface area contributed by atoms with Crippen LogP contribution in [0.15, 0.2) is 42.7 Å². The largest absolute Gasteiger partial charge is 0.457 e. The number of benzene rings is 1. The SMILES string of the molecule is CC(OC(=Cn1cncn1)C(C)(C)C)Oc1ccc(Cl)cc1. The summed E-state index contributed by atoms with van der Waals surface area (Å²) in [5, 5.41) is 4.73. The lowest BCUT2D eigenvalue weighted by molar-refractivity contribution is -0.0456. The lowest BCUT2D eigenvalue weighted by atomic mass is 9.94. The predicted molar refractivity (Wildman–Crippen MR) is 86.4 cm³/mol. The second kappa shape index (κ2) is 6.83. The maximum absolute atomic E-state index is 5.94. The molecule has 0 N–H and O–H groups in total. The van der Waals surface area contributed by atoms with E-state index in [1.807, 2.05) is 6.92 Å². The molecule has 6 heteroatoms. The molecule has 0 bridgehead atoms. The molecule has 0 aliphatic carbocycles. The molecule has 0 radical (unpaired) electrons. The zero-order valence-corrected chi connectivity index (χ0v) is 13.9. The van der Waals surface area contributed by atoms with E-state index in [1.165, 1.54) is 6.33 Å². The van der Waals surface area contributed by atoms with Crippen LogP contribution in [0.4, 0.5) is 0 Å². The Morgan fingerprint density at radius 3 is 2.50 bits per heavy atom. The number of halogens is 1. The molecule has 0 saturated carbocycles. The van der Waals surface area contributed by atoms with Crippen molar-refractivity contribution in [2.45, 2.75) is 34.0 Å². The van der Waals surface area contributed by atoms with Crippen LogP contribution in [0.25, 0.3) is 6.20 Å². The van der Waals surface area contributed by atoms with Gasteiger partial charge in [0.25, 0.3) is 0 Å². The Labute approximate surface area is 135 Å². The molecule has 5 nitrogen and oxygen atoms in total. The van der Waals surface area contributed by atoms with Crippen LogP contribution in [0.5, 0.6) is 5.75 Å². The van der Waals surface area contributed by atoms with Crippen LogP contribution in [-0.2, 0) is 4.74 Å². The third-order valence-electron chi connectivity index (χ3n) is 2.83. The summed E-state index contributed by atoms with van der Waals surface area (Å²) in [6, 6.07) is 7.17. The standard InChI is InChI=1S/C16H20ClN3O2/c1-12(21-14-7-5-13(17)6-8-14)22-15(16(2,3)4)9-20-11-18-10-19-20/h5-12H,1-4H3. The maximum atomic E-state index is 5.94. The number of allylic oxidation sites excluding steroid dienone is 1. The van der Waals surface area contributed by atoms with Gasteiger partial charge in [0.05, 0.1) is 6.20 Å². The van der Waals surface area contributed by atoms with Crippen LogP contribution in [0.3, 0.4) is 0 Å². The summed E-state index contributed by atoms with van der Waals surface area (Å²) in [7, 11) is 0. The highest BCUT2D eigenvalue weighted by Gasteiger charge is 2.22. The van der Waals surface area contributed by atoms with Crippen molar-refractivity contribution in [3.8, 4) is 5.75 Å². The van der Waals surface area contributed by atoms with Crippen LogP contribution in [0, 0.1) is 5.41 Å². The van der Waals surface area contributed by atoms with Gasteiger partial charge in [-0.3, -0.25) is 0 Å². The average Bonchev–Trinajstić information content (AvgIpc) is 2.92. The fourth-order valence-electron chi connectivity index (χ4n) is 1.71. The van der Waals surface area contributed by atoms with Crippen LogP contribution in [0.1, 0.15) is 27.7 Å². The van der Waals surface area contributed by atoms with Crippen LogP contribution < -0.4 is 4.74 Å². The van der Waals surface area contributed by atoms with Gasteiger partial charge in [-0.05, 0) is 24.3 Å². The second-order valence-electron chi connectivity index (χ2n) is 5.88. The highest BCUT2D eigenvalue weighted by Crippen LogP contribution is 2.28. The summed E-state index contributed by atoms with van der Waals surface area (Å²) in [5.41, 5.74) is -0.191. The summed E-state index contributed by atoms with van der Waals surface area (Å²) in [6.07, 6.45) is 4.44. The molecule has 0 aliphatic rings. The third kappa shape index (κ3) is 4.77. The van der Waals surface area contributed by atoms with Crippen molar-refractivity contribution in [3.05, 3.63) is 47.7 Å². The summed E-state index contributed by atoms with van der Waals surface area (Å²) in [5.74, 6) is 1.45. The molecule has 2 rings (SSSR count). The Morgan fingerprint density at radius 2 is 1.95 bits per heavy atom. The van der Waals surface area contributed by atoms with Gasteiger partial charge < -0.3 is 9.47 Å². The van der Waals surface area contributed by atoms with Crippen LogP contribution in [-0.4, -0.2) is 21.1 Å². The van der Waals surface area contributed by atoms with Crippen molar-refractivity contribution in [3.63, 3.8) is 0 Å². The molecule has 1 heterocycles. The Bertz CT molecular complexity index is 616. The van der Waals surface area contributed by atoms with Crippen LogP contribution >= 0.6 is 11.6 Å². The molecule has 0 aliphatic heterocycles. The molecule has 0 amide bonds. The van der Waals surface area contributed by atoms with Crippen LogP contribution in [0.2, 0.25) is 5.02 Å². The first kappa shape index (κ1) is 16.4. The fourth-order valence-corrected chi connectivity index (χ4v) is 1.84. The van der Waals surface area contributed by atoms with Crippen molar-refractivity contribution < 1.29 is 9.47 Å². The molecule has 1 unspecified atom stereocenters. The molecule has 1 atom stereocenters. The number of rotatable bonds is 5. The van der Waals surface area contributed by atoms with E-state index < -0.39 is 6.29 Å². The van der Waals surface area contributed by atoms with E-state index in [0.717, 1.165) is 5.76 Å². The summed E-state index contributed by atoms with van der Waals surface area (Å²) < 4.78 is 13.3. The van der Waals surface area contributed by atoms with Gasteiger partial charge in [0.15, 0.2) is 0 Å². The van der Waals surface area contributed by atoms with Gasteiger partial charge in [-0.1, -0.05) is 32.4 Å². The summed E-state index contributed by atoms with van der Waals surface area (Å²) in [4.78, 5) is 3.92. The minimum Gasteiger partial charge on any atom is -0.457 e. The van der Waals surface area contributed by atoms with Crippen molar-refractivity contribution >= 4 is 17.8 Å². The van der Waals surface area contributed by atoms with Gasteiger partial charge in [-0.15, -0.1) is 0 Å². The van der Waals surface area contributed by atoms with E-state index in [2.05, 4.69) is 30.9 Å². The first-order chi connectivity index (χ1) is 10.3. The van der Waals surface area contributed by atoms with Gasteiger partial charge in [0.1, 0.15) is 24.2 Å². The molecule has 0 spiro atoms. The Morgan fingerprint density at radius 1 is 1.27 bits per heavy atom. The van der Waals surface area contributed by atoms with E-state index in [1.54, 1.807) is 41.5 Å². The van der Waals surface area contributed by atoms with E-state index in [9.17, 15) is 0 Å². The number of ether oxygens (including phenoxy) is 2. The van der Waals surface area contributed by atoms with Crippen molar-refractivity contribution in [1.29, 1.82) is 0 Å². The smallest absolute Gasteiger partial charge is 0.238 e. The molecule has 1 aromatic carbocycles. The van der Waals surface area contributed by atoms with E-state index in [4.69, 9.17) is 21.1 Å². The molecule has 118 valence electrons. The van der Waals surface area contributed by atoms with Gasteiger partial charge in [0, 0.05) is 17.4 Å². The van der Waals surface area contributed by atoms with Crippen molar-refractivity contribution in [1.82, 2.24) is 14.8 Å². The van der Waals surface area contributed by atoms with Crippen molar-refractivity contribution in [2.24, 2.45) is 5.41 Å². The summed E-state index contributed by atoms with van der Waals surface area (Å²) in [6.45, 7) is 8.02. The molecule has 0 fully saturated rings. The number of aromatic nitrogens is 3. The predicted octanol–water partition coefficient (Wildman–Crippen LogP) is 4.22. The normalized spacial score (nSPS) is 13.8. The first-order valence-corrected chi connectivity index (χ1v) is 7.37. The second-order valence-corrected chi connectivity index (χ2v) is 6.31. The van der Waals surface area contributed by atoms with Gasteiger partial charge in [0.2, 0.25) is 6.29 Å². The lowest BCUT2D eigenvalue weighted by Crippen LogP contribution is -2.22. The number of hydrogen-bond acceptors (Lipinski definition) is 4. The molecule has 1 aromatic heterocycles. The van der Waals surface area contributed by atoms with Gasteiger partial charge in [-0.25, -0.2) is 9.67 Å². The molecular weight excluding hydrogens is 302 g/mol. The Hall–Kier alpha value is -2.01. The highest BCUT2D eigenvalue weighted by atomic mass is 35.5. The zero-order chi connectivity index (χ0) is 16.2. The zero-order valence-electron chi connectivity index (χ0n) is 13.2. The average molecular weight is 322 g/mol. The minimum absolute atomic E-state index is 0.191. The van der Waals surface area contributed by atoms with E-state index >= 15 is 0 Å². The fraction of sp³-hybridized carbons (Fsp3) is 0.375. The van der Waals surface area contributed by atoms with Crippen molar-refractivity contribution in [2.75, 3.05) is 0 Å². The first-order valence-electron chi connectivity index (χ1n) is 7.00. The quantitative estimate of drug-likeness (QED) is 0.611. The monoisotopic (exact) mass is 321 g/mol. The topological polar surface area (TPSA) is 49.2 Å². The highest BCUT2D eigenvalue weighted by molar-refractivity contribution is 6.30. The molecule has 22 heavy (non-hydrogen) atoms. The summed E-state index contributed by atoms with van der Waals surface area (Å²) >= 11 is 5.86. The number of nitrogens with zero attached hydrogens (tertiary/aromatic N) is 3. The Kier molecular flexibility index (Phi) is 5.08. The van der Waals surface area contributed by atoms with E-state index in [-0.39, 0.29) is 5.41 Å². The van der Waals surface area contributed by atoms with Gasteiger partial charge in [-0.2, -0.15) is 5.10 Å². The molecule has 2 aromatic rings. The molecule has 0 saturated heterocycles. The third-order valence-corrected chi connectivity index (χ3v) is 3.09. The molecular formula is C16H20ClN3O2. The number of hydrogen-bond donors (Lipinski definition) is 0.